The molecule has 1 heterocycles. The maximum atomic E-state index is 12.6. The second kappa shape index (κ2) is 10.9. The summed E-state index contributed by atoms with van der Waals surface area (Å²) in [7, 11) is 1.68. The number of amides is 2. The minimum absolute atomic E-state index is 0.209. The number of methoxy groups -OCH3 is 1. The van der Waals surface area contributed by atoms with Gasteiger partial charge in [-0.3, -0.25) is 0 Å². The molecule has 2 aromatic rings. The van der Waals surface area contributed by atoms with Gasteiger partial charge in [-0.25, -0.2) is 4.79 Å². The lowest BCUT2D eigenvalue weighted by Crippen LogP contribution is -2.45. The molecule has 0 aromatic heterocycles. The molecular formula is C24H32N2O4. The van der Waals surface area contributed by atoms with Crippen molar-refractivity contribution in [2.24, 2.45) is 0 Å². The molecule has 0 unspecified atom stereocenters. The van der Waals surface area contributed by atoms with E-state index >= 15 is 0 Å². The molecule has 1 saturated heterocycles. The number of hydrogen-bond donors (Lipinski definition) is 2. The van der Waals surface area contributed by atoms with Crippen molar-refractivity contribution in [2.75, 3.05) is 38.8 Å². The van der Waals surface area contributed by atoms with Gasteiger partial charge < -0.3 is 24.8 Å². The maximum absolute atomic E-state index is 12.6. The van der Waals surface area contributed by atoms with E-state index in [1.54, 1.807) is 7.11 Å². The Bertz CT molecular complexity index is 801. The quantitative estimate of drug-likeness (QED) is 0.584. The van der Waals surface area contributed by atoms with E-state index in [2.05, 4.69) is 23.6 Å². The molecular weight excluding hydrogens is 380 g/mol. The number of rotatable bonds is 9. The molecule has 0 aliphatic carbocycles. The van der Waals surface area contributed by atoms with Gasteiger partial charge in [0.15, 0.2) is 0 Å². The van der Waals surface area contributed by atoms with Crippen LogP contribution in [0.5, 0.6) is 11.5 Å². The van der Waals surface area contributed by atoms with Crippen molar-refractivity contribution in [1.82, 2.24) is 5.32 Å². The van der Waals surface area contributed by atoms with Crippen LogP contribution in [0, 0.1) is 0 Å². The van der Waals surface area contributed by atoms with Gasteiger partial charge in [-0.1, -0.05) is 31.5 Å². The van der Waals surface area contributed by atoms with Crippen LogP contribution in [-0.4, -0.2) is 39.5 Å². The van der Waals surface area contributed by atoms with Crippen LogP contribution in [0.3, 0.4) is 0 Å². The van der Waals surface area contributed by atoms with E-state index in [0.717, 1.165) is 48.4 Å². The van der Waals surface area contributed by atoms with Crippen LogP contribution in [0.15, 0.2) is 48.5 Å². The van der Waals surface area contributed by atoms with E-state index in [4.69, 9.17) is 14.2 Å². The summed E-state index contributed by atoms with van der Waals surface area (Å²) >= 11 is 0. The van der Waals surface area contributed by atoms with Crippen molar-refractivity contribution in [1.29, 1.82) is 0 Å². The average molecular weight is 413 g/mol. The van der Waals surface area contributed by atoms with Crippen molar-refractivity contribution >= 4 is 11.7 Å². The van der Waals surface area contributed by atoms with Crippen LogP contribution >= 0.6 is 0 Å². The molecule has 6 nitrogen and oxygen atoms in total. The van der Waals surface area contributed by atoms with Crippen LogP contribution in [0.25, 0.3) is 0 Å². The summed E-state index contributed by atoms with van der Waals surface area (Å²) in [6.45, 7) is 4.69. The molecule has 2 N–H and O–H groups in total. The van der Waals surface area contributed by atoms with Crippen molar-refractivity contribution < 1.29 is 19.0 Å². The fraction of sp³-hybridized carbons (Fsp3) is 0.458. The highest BCUT2D eigenvalue weighted by atomic mass is 16.5. The zero-order chi connectivity index (χ0) is 21.2. The van der Waals surface area contributed by atoms with Gasteiger partial charge in [0.05, 0.1) is 13.7 Å². The zero-order valence-corrected chi connectivity index (χ0v) is 17.9. The fourth-order valence-electron chi connectivity index (χ4n) is 3.78. The number of nitrogens with one attached hydrogen (secondary N) is 2. The third-order valence-electron chi connectivity index (χ3n) is 5.59. The molecule has 1 aliphatic heterocycles. The molecule has 3 rings (SSSR count). The topological polar surface area (TPSA) is 68.8 Å². The first kappa shape index (κ1) is 22.0. The summed E-state index contributed by atoms with van der Waals surface area (Å²) in [6, 6.07) is 15.3. The second-order valence-electron chi connectivity index (χ2n) is 7.63. The molecule has 30 heavy (non-hydrogen) atoms. The summed E-state index contributed by atoms with van der Waals surface area (Å²) in [5, 5.41) is 5.96. The van der Waals surface area contributed by atoms with Gasteiger partial charge >= 0.3 is 6.03 Å². The molecule has 0 spiro atoms. The Morgan fingerprint density at radius 1 is 1.10 bits per heavy atom. The van der Waals surface area contributed by atoms with Crippen LogP contribution < -0.4 is 20.1 Å². The minimum Gasteiger partial charge on any atom is -0.496 e. The summed E-state index contributed by atoms with van der Waals surface area (Å²) in [5.41, 5.74) is 1.64. The lowest BCUT2D eigenvalue weighted by molar-refractivity contribution is 0.0500. The predicted molar refractivity (Wildman–Crippen MR) is 119 cm³/mol. The van der Waals surface area contributed by atoms with Gasteiger partial charge in [0.25, 0.3) is 0 Å². The summed E-state index contributed by atoms with van der Waals surface area (Å²) < 4.78 is 16.8. The predicted octanol–water partition coefficient (Wildman–Crippen LogP) is 4.74. The summed E-state index contributed by atoms with van der Waals surface area (Å²) in [5.74, 6) is 1.66. The SMILES string of the molecule is CCCCOc1ccc(NC(=O)NCC2(c3ccccc3OC)CCOCC2)cc1. The highest BCUT2D eigenvalue weighted by Crippen LogP contribution is 2.39. The van der Waals surface area contributed by atoms with E-state index in [0.29, 0.717) is 26.4 Å². The first-order valence-corrected chi connectivity index (χ1v) is 10.7. The first-order valence-electron chi connectivity index (χ1n) is 10.7. The number of carbonyl (C=O) groups is 1. The van der Waals surface area contributed by atoms with Gasteiger partial charge in [-0.05, 0) is 49.6 Å². The van der Waals surface area contributed by atoms with E-state index in [1.807, 2.05) is 42.5 Å². The third-order valence-corrected chi connectivity index (χ3v) is 5.59. The van der Waals surface area contributed by atoms with Crippen molar-refractivity contribution in [3.8, 4) is 11.5 Å². The van der Waals surface area contributed by atoms with Crippen LogP contribution in [-0.2, 0) is 10.2 Å². The molecule has 0 atom stereocenters. The van der Waals surface area contributed by atoms with E-state index in [-0.39, 0.29) is 11.4 Å². The van der Waals surface area contributed by atoms with Crippen molar-refractivity contribution in [3.05, 3.63) is 54.1 Å². The van der Waals surface area contributed by atoms with Crippen LogP contribution in [0.1, 0.15) is 38.2 Å². The van der Waals surface area contributed by atoms with E-state index in [9.17, 15) is 4.79 Å². The molecule has 0 radical (unpaired) electrons. The molecule has 2 amide bonds. The number of carbonyl (C=O) groups excluding carboxylic acids is 1. The Balaban J connectivity index is 1.61. The Morgan fingerprint density at radius 3 is 2.53 bits per heavy atom. The van der Waals surface area contributed by atoms with Crippen molar-refractivity contribution in [3.63, 3.8) is 0 Å². The molecule has 162 valence electrons. The van der Waals surface area contributed by atoms with Crippen LogP contribution in [0.2, 0.25) is 0 Å². The summed E-state index contributed by atoms with van der Waals surface area (Å²) in [6.07, 6.45) is 3.79. The Morgan fingerprint density at radius 2 is 1.83 bits per heavy atom. The Kier molecular flexibility index (Phi) is 7.97. The number of hydrogen-bond acceptors (Lipinski definition) is 4. The monoisotopic (exact) mass is 412 g/mol. The molecule has 6 heteroatoms. The second-order valence-corrected chi connectivity index (χ2v) is 7.63. The van der Waals surface area contributed by atoms with Gasteiger partial charge in [0, 0.05) is 36.4 Å². The standard InChI is InChI=1S/C24H32N2O4/c1-3-4-15-30-20-11-9-19(10-12-20)26-23(27)25-18-24(13-16-29-17-14-24)21-7-5-6-8-22(21)28-2/h5-12H,3-4,13-18H2,1-2H3,(H2,25,26,27). The molecule has 1 fully saturated rings. The number of urea groups is 1. The lowest BCUT2D eigenvalue weighted by atomic mass is 9.73. The molecule has 2 aromatic carbocycles. The largest absolute Gasteiger partial charge is 0.496 e. The normalized spacial score (nSPS) is 15.3. The smallest absolute Gasteiger partial charge is 0.319 e. The van der Waals surface area contributed by atoms with Gasteiger partial charge in [0.1, 0.15) is 11.5 Å². The number of para-hydroxylation sites is 1. The number of ether oxygens (including phenoxy) is 3. The third kappa shape index (κ3) is 5.66. The van der Waals surface area contributed by atoms with E-state index in [1.165, 1.54) is 0 Å². The molecule has 1 aliphatic rings. The Labute approximate surface area is 178 Å². The maximum Gasteiger partial charge on any atom is 0.319 e. The number of benzene rings is 2. The summed E-state index contributed by atoms with van der Waals surface area (Å²) in [4.78, 5) is 12.6. The molecule has 0 saturated carbocycles. The molecule has 0 bridgehead atoms. The van der Waals surface area contributed by atoms with E-state index < -0.39 is 0 Å². The van der Waals surface area contributed by atoms with Gasteiger partial charge in [0.2, 0.25) is 0 Å². The average Bonchev–Trinajstić information content (AvgIpc) is 2.80. The number of anilines is 1. The van der Waals surface area contributed by atoms with Crippen LogP contribution in [0.4, 0.5) is 10.5 Å². The lowest BCUT2D eigenvalue weighted by Gasteiger charge is -2.38. The minimum atomic E-state index is -0.226. The zero-order valence-electron chi connectivity index (χ0n) is 17.9. The first-order chi connectivity index (χ1) is 14.7. The van der Waals surface area contributed by atoms with Gasteiger partial charge in [-0.15, -0.1) is 0 Å². The highest BCUT2D eigenvalue weighted by Gasteiger charge is 2.37. The number of unbranched alkanes of at least 4 members (excludes halogenated alkanes) is 1. The fourth-order valence-corrected chi connectivity index (χ4v) is 3.78. The highest BCUT2D eigenvalue weighted by molar-refractivity contribution is 5.89. The Hall–Kier alpha value is -2.73. The van der Waals surface area contributed by atoms with Gasteiger partial charge in [-0.2, -0.15) is 0 Å². The van der Waals surface area contributed by atoms with Crippen molar-refractivity contribution in [2.45, 2.75) is 38.0 Å².